The molecule has 4 nitrogen and oxygen atoms in total. The second kappa shape index (κ2) is 5.67. The van der Waals surface area contributed by atoms with Gasteiger partial charge in [-0.15, -0.1) is 0 Å². The minimum absolute atomic E-state index is 0.557. The lowest BCUT2D eigenvalue weighted by atomic mass is 10.1. The molecule has 4 heteroatoms. The predicted octanol–water partition coefficient (Wildman–Crippen LogP) is 1.36. The third-order valence-electron chi connectivity index (χ3n) is 3.39. The van der Waals surface area contributed by atoms with E-state index in [1.54, 1.807) is 0 Å². The Bertz CT molecular complexity index is 353. The molecule has 0 atom stereocenters. The number of rotatable bonds is 4. The number of anilines is 1. The van der Waals surface area contributed by atoms with Gasteiger partial charge in [-0.1, -0.05) is 6.07 Å². The maximum Gasteiger partial charge on any atom is 0.128 e. The summed E-state index contributed by atoms with van der Waals surface area (Å²) in [6.07, 6.45) is 2.67. The van der Waals surface area contributed by atoms with Crippen molar-refractivity contribution in [2.75, 3.05) is 37.6 Å². The molecule has 0 aliphatic carbocycles. The number of aliphatic hydroxyl groups is 1. The van der Waals surface area contributed by atoms with E-state index in [9.17, 15) is 5.11 Å². The number of piperazine rings is 1. The summed E-state index contributed by atoms with van der Waals surface area (Å²) in [4.78, 5) is 9.11. The van der Waals surface area contributed by atoms with Crippen LogP contribution in [0.2, 0.25) is 0 Å². The van der Waals surface area contributed by atoms with Crippen molar-refractivity contribution >= 4 is 5.82 Å². The first kappa shape index (κ1) is 13.3. The van der Waals surface area contributed by atoms with E-state index in [-0.39, 0.29) is 0 Å². The minimum atomic E-state index is -0.557. The minimum Gasteiger partial charge on any atom is -0.390 e. The van der Waals surface area contributed by atoms with Crippen molar-refractivity contribution < 1.29 is 5.11 Å². The molecule has 0 bridgehead atoms. The summed E-state index contributed by atoms with van der Waals surface area (Å²) in [6.45, 7) is 8.85. The summed E-state index contributed by atoms with van der Waals surface area (Å²) in [5.74, 6) is 1.07. The van der Waals surface area contributed by atoms with Crippen molar-refractivity contribution in [1.82, 2.24) is 9.88 Å². The zero-order valence-electron chi connectivity index (χ0n) is 11.3. The molecule has 1 aromatic rings. The molecule has 2 heterocycles. The normalized spacial score (nSPS) is 18.1. The van der Waals surface area contributed by atoms with E-state index in [2.05, 4.69) is 20.9 Å². The summed E-state index contributed by atoms with van der Waals surface area (Å²) in [6, 6.07) is 6.04. The highest BCUT2D eigenvalue weighted by Crippen LogP contribution is 2.14. The van der Waals surface area contributed by atoms with Crippen LogP contribution in [-0.2, 0) is 0 Å². The Kier molecular flexibility index (Phi) is 4.19. The summed E-state index contributed by atoms with van der Waals surface area (Å²) in [5.41, 5.74) is -0.557. The van der Waals surface area contributed by atoms with Crippen molar-refractivity contribution in [2.24, 2.45) is 0 Å². The molecule has 18 heavy (non-hydrogen) atoms. The monoisotopic (exact) mass is 249 g/mol. The number of aromatic nitrogens is 1. The van der Waals surface area contributed by atoms with Crippen LogP contribution in [0.25, 0.3) is 0 Å². The van der Waals surface area contributed by atoms with Gasteiger partial charge in [0, 0.05) is 38.9 Å². The molecule has 0 unspecified atom stereocenters. The molecule has 0 aromatic carbocycles. The summed E-state index contributed by atoms with van der Waals surface area (Å²) < 4.78 is 0. The maximum absolute atomic E-state index is 9.73. The van der Waals surface area contributed by atoms with E-state index in [0.717, 1.165) is 45.0 Å². The van der Waals surface area contributed by atoms with Gasteiger partial charge in [-0.05, 0) is 32.4 Å². The van der Waals surface area contributed by atoms with Crippen LogP contribution >= 0.6 is 0 Å². The Labute approximate surface area is 109 Å². The van der Waals surface area contributed by atoms with Crippen LogP contribution < -0.4 is 4.90 Å². The molecule has 0 amide bonds. The maximum atomic E-state index is 9.73. The molecule has 0 spiro atoms. The lowest BCUT2D eigenvalue weighted by molar-refractivity contribution is 0.0568. The molecule has 0 radical (unpaired) electrons. The molecular formula is C14H23N3O. The molecule has 2 rings (SSSR count). The highest BCUT2D eigenvalue weighted by molar-refractivity contribution is 5.38. The van der Waals surface area contributed by atoms with E-state index in [4.69, 9.17) is 0 Å². The highest BCUT2D eigenvalue weighted by Gasteiger charge is 2.20. The number of nitrogens with zero attached hydrogens (tertiary/aromatic N) is 3. The molecule has 1 aromatic heterocycles. The zero-order valence-corrected chi connectivity index (χ0v) is 11.3. The quantitative estimate of drug-likeness (QED) is 0.875. The van der Waals surface area contributed by atoms with Crippen LogP contribution in [0.1, 0.15) is 20.3 Å². The molecule has 1 fully saturated rings. The fourth-order valence-electron chi connectivity index (χ4n) is 2.17. The van der Waals surface area contributed by atoms with E-state index >= 15 is 0 Å². The first-order chi connectivity index (χ1) is 8.54. The van der Waals surface area contributed by atoms with Gasteiger partial charge >= 0.3 is 0 Å². The van der Waals surface area contributed by atoms with Gasteiger partial charge in [0.05, 0.1) is 5.60 Å². The highest BCUT2D eigenvalue weighted by atomic mass is 16.3. The van der Waals surface area contributed by atoms with Gasteiger partial charge in [0.15, 0.2) is 0 Å². The standard InChI is InChI=1S/C14H23N3O/c1-14(2,18)6-8-16-9-11-17(12-10-16)13-5-3-4-7-15-13/h3-5,7,18H,6,8-12H2,1-2H3. The Morgan fingerprint density at radius 2 is 1.94 bits per heavy atom. The molecule has 100 valence electrons. The lowest BCUT2D eigenvalue weighted by Gasteiger charge is -2.36. The molecule has 1 saturated heterocycles. The van der Waals surface area contributed by atoms with E-state index < -0.39 is 5.60 Å². The summed E-state index contributed by atoms with van der Waals surface area (Å²) >= 11 is 0. The van der Waals surface area contributed by atoms with Gasteiger partial charge in [-0.2, -0.15) is 0 Å². The van der Waals surface area contributed by atoms with Crippen LogP contribution in [-0.4, -0.2) is 53.3 Å². The third-order valence-corrected chi connectivity index (χ3v) is 3.39. The average molecular weight is 249 g/mol. The predicted molar refractivity (Wildman–Crippen MR) is 73.8 cm³/mol. The smallest absolute Gasteiger partial charge is 0.128 e. The SMILES string of the molecule is CC(C)(O)CCN1CCN(c2ccccn2)CC1. The van der Waals surface area contributed by atoms with Crippen molar-refractivity contribution in [3.63, 3.8) is 0 Å². The van der Waals surface area contributed by atoms with E-state index in [1.807, 2.05) is 32.2 Å². The van der Waals surface area contributed by atoms with E-state index in [0.29, 0.717) is 0 Å². The second-order valence-corrected chi connectivity index (χ2v) is 5.58. The van der Waals surface area contributed by atoms with Crippen LogP contribution in [0.4, 0.5) is 5.82 Å². The fourth-order valence-corrected chi connectivity index (χ4v) is 2.17. The summed E-state index contributed by atoms with van der Waals surface area (Å²) in [7, 11) is 0. The van der Waals surface area contributed by atoms with Crippen molar-refractivity contribution in [3.8, 4) is 0 Å². The molecule has 1 aliphatic heterocycles. The third kappa shape index (κ3) is 3.96. The van der Waals surface area contributed by atoms with Gasteiger partial charge in [-0.3, -0.25) is 4.90 Å². The molecule has 1 aliphatic rings. The second-order valence-electron chi connectivity index (χ2n) is 5.58. The van der Waals surface area contributed by atoms with Gasteiger partial charge in [0.2, 0.25) is 0 Å². The Morgan fingerprint density at radius 3 is 2.50 bits per heavy atom. The van der Waals surface area contributed by atoms with Gasteiger partial charge in [0.25, 0.3) is 0 Å². The van der Waals surface area contributed by atoms with Crippen LogP contribution in [0.5, 0.6) is 0 Å². The largest absolute Gasteiger partial charge is 0.390 e. The van der Waals surface area contributed by atoms with Crippen molar-refractivity contribution in [2.45, 2.75) is 25.9 Å². The Morgan fingerprint density at radius 1 is 1.22 bits per heavy atom. The first-order valence-corrected chi connectivity index (χ1v) is 6.65. The first-order valence-electron chi connectivity index (χ1n) is 6.65. The van der Waals surface area contributed by atoms with Crippen LogP contribution in [0.3, 0.4) is 0 Å². The van der Waals surface area contributed by atoms with Crippen molar-refractivity contribution in [3.05, 3.63) is 24.4 Å². The Balaban J connectivity index is 1.78. The average Bonchev–Trinajstić information content (AvgIpc) is 2.37. The van der Waals surface area contributed by atoms with Gasteiger partial charge in [-0.25, -0.2) is 4.98 Å². The van der Waals surface area contributed by atoms with Crippen molar-refractivity contribution in [1.29, 1.82) is 0 Å². The molecule has 0 saturated carbocycles. The van der Waals surface area contributed by atoms with E-state index in [1.165, 1.54) is 0 Å². The van der Waals surface area contributed by atoms with Gasteiger partial charge in [0.1, 0.15) is 5.82 Å². The number of hydrogen-bond acceptors (Lipinski definition) is 4. The number of hydrogen-bond donors (Lipinski definition) is 1. The topological polar surface area (TPSA) is 39.6 Å². The fraction of sp³-hybridized carbons (Fsp3) is 0.643. The Hall–Kier alpha value is -1.13. The van der Waals surface area contributed by atoms with Crippen LogP contribution in [0, 0.1) is 0 Å². The lowest BCUT2D eigenvalue weighted by Crippen LogP contribution is -2.47. The van der Waals surface area contributed by atoms with Crippen LogP contribution in [0.15, 0.2) is 24.4 Å². The summed E-state index contributed by atoms with van der Waals surface area (Å²) in [5, 5.41) is 9.73. The molecular weight excluding hydrogens is 226 g/mol. The molecule has 1 N–H and O–H groups in total. The van der Waals surface area contributed by atoms with Gasteiger partial charge < -0.3 is 10.0 Å². The zero-order chi connectivity index (χ0) is 13.0. The number of pyridine rings is 1.